The van der Waals surface area contributed by atoms with Crippen molar-refractivity contribution < 1.29 is 17.9 Å². The quantitative estimate of drug-likeness (QED) is 0.589. The molecule has 1 unspecified atom stereocenters. The van der Waals surface area contributed by atoms with Crippen molar-refractivity contribution in [3.05, 3.63) is 77.6 Å². The summed E-state index contributed by atoms with van der Waals surface area (Å²) in [6, 6.07) is 15.8. The first-order valence-corrected chi connectivity index (χ1v) is 12.0. The summed E-state index contributed by atoms with van der Waals surface area (Å²) >= 11 is 0. The Labute approximate surface area is 186 Å². The van der Waals surface area contributed by atoms with Crippen molar-refractivity contribution in [2.75, 3.05) is 36.5 Å². The summed E-state index contributed by atoms with van der Waals surface area (Å²) in [6.07, 6.45) is 1.94. The highest BCUT2D eigenvalue weighted by atomic mass is 32.2. The molecule has 2 aliphatic heterocycles. The monoisotopic (exact) mass is 452 g/mol. The number of sulfonamides is 1. The number of para-hydroxylation sites is 1. The SMILES string of the molecule is NS(=O)(=O)c1cc(C(=O)C2Nc3ccccc3Cn3cccc32)ccc1N1CCOCC1. The molecule has 3 aromatic rings. The van der Waals surface area contributed by atoms with Crippen LogP contribution < -0.4 is 15.4 Å². The van der Waals surface area contributed by atoms with E-state index in [2.05, 4.69) is 5.32 Å². The van der Waals surface area contributed by atoms with Gasteiger partial charge in [-0.2, -0.15) is 0 Å². The summed E-state index contributed by atoms with van der Waals surface area (Å²) in [5.74, 6) is -0.222. The molecule has 9 heteroatoms. The third-order valence-electron chi connectivity index (χ3n) is 5.98. The number of ether oxygens (including phenoxy) is 1. The molecule has 1 saturated heterocycles. The number of fused-ring (bicyclic) bond motifs is 2. The maximum atomic E-state index is 13.6. The number of aromatic nitrogens is 1. The second-order valence-electron chi connectivity index (χ2n) is 7.99. The van der Waals surface area contributed by atoms with Crippen molar-refractivity contribution in [1.82, 2.24) is 4.57 Å². The van der Waals surface area contributed by atoms with Crippen LogP contribution in [0.25, 0.3) is 0 Å². The number of rotatable bonds is 4. The lowest BCUT2D eigenvalue weighted by molar-refractivity contribution is 0.0967. The lowest BCUT2D eigenvalue weighted by atomic mass is 10.0. The Bertz CT molecular complexity index is 1280. The second-order valence-corrected chi connectivity index (χ2v) is 9.52. The minimum absolute atomic E-state index is 0.0466. The van der Waals surface area contributed by atoms with Crippen LogP contribution in [0, 0.1) is 0 Å². The molecule has 166 valence electrons. The molecule has 1 aromatic heterocycles. The molecular formula is C23H24N4O4S. The third kappa shape index (κ3) is 3.79. The molecule has 8 nitrogen and oxygen atoms in total. The standard InChI is InChI=1S/C23H24N4O4S/c24-32(29,30)21-14-16(7-8-19(21)26-10-12-31-13-11-26)23(28)22-20-6-3-9-27(20)15-17-4-1-2-5-18(17)25-22/h1-9,14,22,25H,10-13,15H2,(H2,24,29,30). The highest BCUT2D eigenvalue weighted by Crippen LogP contribution is 2.33. The number of nitrogens with one attached hydrogen (secondary N) is 1. The highest BCUT2D eigenvalue weighted by molar-refractivity contribution is 7.89. The fourth-order valence-corrected chi connectivity index (χ4v) is 5.15. The first kappa shape index (κ1) is 20.7. The molecule has 0 saturated carbocycles. The normalized spacial score (nSPS) is 18.3. The molecule has 0 bridgehead atoms. The average Bonchev–Trinajstić information content (AvgIpc) is 3.19. The smallest absolute Gasteiger partial charge is 0.240 e. The average molecular weight is 453 g/mol. The van der Waals surface area contributed by atoms with Gasteiger partial charge in [0.1, 0.15) is 10.9 Å². The number of benzene rings is 2. The van der Waals surface area contributed by atoms with Crippen LogP contribution in [0.15, 0.2) is 65.7 Å². The zero-order valence-electron chi connectivity index (χ0n) is 17.4. The number of ketones is 1. The van der Waals surface area contributed by atoms with Gasteiger partial charge < -0.3 is 19.5 Å². The molecule has 32 heavy (non-hydrogen) atoms. The lowest BCUT2D eigenvalue weighted by Crippen LogP contribution is -2.37. The van der Waals surface area contributed by atoms with Gasteiger partial charge in [0.25, 0.3) is 0 Å². The first-order valence-electron chi connectivity index (χ1n) is 10.4. The maximum absolute atomic E-state index is 13.6. The van der Waals surface area contributed by atoms with Gasteiger partial charge in [-0.25, -0.2) is 13.6 Å². The summed E-state index contributed by atoms with van der Waals surface area (Å²) in [6.45, 7) is 2.78. The summed E-state index contributed by atoms with van der Waals surface area (Å²) in [7, 11) is -4.04. The number of Topliss-reactive ketones (excluding diaryl/α,β-unsaturated/α-hetero) is 1. The topological polar surface area (TPSA) is 107 Å². The maximum Gasteiger partial charge on any atom is 0.240 e. The molecular weight excluding hydrogens is 428 g/mol. The summed E-state index contributed by atoms with van der Waals surface area (Å²) < 4.78 is 32.2. The summed E-state index contributed by atoms with van der Waals surface area (Å²) in [5, 5.41) is 8.90. The molecule has 2 aromatic carbocycles. The Morgan fingerprint density at radius 2 is 1.84 bits per heavy atom. The van der Waals surface area contributed by atoms with Crippen LogP contribution in [0.5, 0.6) is 0 Å². The van der Waals surface area contributed by atoms with E-state index in [9.17, 15) is 13.2 Å². The number of hydrogen-bond donors (Lipinski definition) is 2. The molecule has 1 fully saturated rings. The summed E-state index contributed by atoms with van der Waals surface area (Å²) in [5.41, 5.74) is 3.56. The van der Waals surface area contributed by atoms with Gasteiger partial charge in [0.05, 0.1) is 18.9 Å². The zero-order valence-corrected chi connectivity index (χ0v) is 18.2. The molecule has 0 amide bonds. The minimum atomic E-state index is -4.04. The Hall–Kier alpha value is -3.14. The van der Waals surface area contributed by atoms with Gasteiger partial charge in [0, 0.05) is 42.8 Å². The minimum Gasteiger partial charge on any atom is -0.378 e. The fourth-order valence-electron chi connectivity index (χ4n) is 4.37. The molecule has 3 N–H and O–H groups in total. The van der Waals surface area contributed by atoms with Gasteiger partial charge >= 0.3 is 0 Å². The largest absolute Gasteiger partial charge is 0.378 e. The number of carbonyl (C=O) groups is 1. The highest BCUT2D eigenvalue weighted by Gasteiger charge is 2.30. The molecule has 0 aliphatic carbocycles. The molecule has 2 aliphatic rings. The van der Waals surface area contributed by atoms with Gasteiger partial charge in [0.2, 0.25) is 10.0 Å². The van der Waals surface area contributed by atoms with Crippen molar-refractivity contribution in [3.63, 3.8) is 0 Å². The van der Waals surface area contributed by atoms with E-state index < -0.39 is 16.1 Å². The fraction of sp³-hybridized carbons (Fsp3) is 0.261. The van der Waals surface area contributed by atoms with Crippen molar-refractivity contribution >= 4 is 27.2 Å². The van der Waals surface area contributed by atoms with Gasteiger partial charge in [-0.3, -0.25) is 4.79 Å². The van der Waals surface area contributed by atoms with E-state index in [-0.39, 0.29) is 16.2 Å². The molecule has 0 spiro atoms. The van der Waals surface area contributed by atoms with Crippen molar-refractivity contribution in [2.24, 2.45) is 5.14 Å². The van der Waals surface area contributed by atoms with Gasteiger partial charge in [0.15, 0.2) is 5.78 Å². The number of hydrogen-bond acceptors (Lipinski definition) is 6. The van der Waals surface area contributed by atoms with Crippen LogP contribution in [-0.4, -0.2) is 45.1 Å². The first-order chi connectivity index (χ1) is 15.4. The van der Waals surface area contributed by atoms with Gasteiger partial charge in [-0.05, 0) is 42.0 Å². The van der Waals surface area contributed by atoms with Crippen LogP contribution in [0.1, 0.15) is 27.7 Å². The number of anilines is 2. The zero-order chi connectivity index (χ0) is 22.3. The Morgan fingerprint density at radius 3 is 2.62 bits per heavy atom. The molecule has 3 heterocycles. The summed E-state index contributed by atoms with van der Waals surface area (Å²) in [4.78, 5) is 15.5. The number of primary sulfonamides is 1. The van der Waals surface area contributed by atoms with Gasteiger partial charge in [-0.15, -0.1) is 0 Å². The third-order valence-corrected chi connectivity index (χ3v) is 6.92. The van der Waals surface area contributed by atoms with Crippen LogP contribution in [0.2, 0.25) is 0 Å². The van der Waals surface area contributed by atoms with Crippen LogP contribution >= 0.6 is 0 Å². The van der Waals surface area contributed by atoms with E-state index in [1.54, 1.807) is 12.1 Å². The van der Waals surface area contributed by atoms with E-state index >= 15 is 0 Å². The van der Waals surface area contributed by atoms with Crippen LogP contribution in [0.4, 0.5) is 11.4 Å². The van der Waals surface area contributed by atoms with E-state index in [0.29, 0.717) is 38.5 Å². The van der Waals surface area contributed by atoms with Crippen molar-refractivity contribution in [1.29, 1.82) is 0 Å². The van der Waals surface area contributed by atoms with E-state index in [0.717, 1.165) is 16.9 Å². The second kappa shape index (κ2) is 8.09. The molecule has 5 rings (SSSR count). The lowest BCUT2D eigenvalue weighted by Gasteiger charge is -2.30. The van der Waals surface area contributed by atoms with E-state index in [4.69, 9.17) is 9.88 Å². The van der Waals surface area contributed by atoms with Crippen molar-refractivity contribution in [3.8, 4) is 0 Å². The Morgan fingerprint density at radius 1 is 1.06 bits per heavy atom. The predicted molar refractivity (Wildman–Crippen MR) is 122 cm³/mol. The Kier molecular flexibility index (Phi) is 5.24. The van der Waals surface area contributed by atoms with Gasteiger partial charge in [-0.1, -0.05) is 18.2 Å². The van der Waals surface area contributed by atoms with Crippen LogP contribution in [0.3, 0.4) is 0 Å². The van der Waals surface area contributed by atoms with Crippen molar-refractivity contribution in [2.45, 2.75) is 17.5 Å². The number of carbonyl (C=O) groups excluding carboxylic acids is 1. The molecule has 0 radical (unpaired) electrons. The number of morpholine rings is 1. The van der Waals surface area contributed by atoms with E-state index in [1.807, 2.05) is 52.1 Å². The van der Waals surface area contributed by atoms with Crippen LogP contribution in [-0.2, 0) is 21.3 Å². The molecule has 1 atom stereocenters. The number of nitrogens with two attached hydrogens (primary N) is 1. The van der Waals surface area contributed by atoms with E-state index in [1.165, 1.54) is 6.07 Å². The predicted octanol–water partition coefficient (Wildman–Crippen LogP) is 2.37. The number of nitrogens with zero attached hydrogens (tertiary/aromatic N) is 2. The Balaban J connectivity index is 1.56.